The quantitative estimate of drug-likeness (QED) is 0.678. The molecule has 0 amide bonds. The molecule has 1 N–H and O–H groups in total. The highest BCUT2D eigenvalue weighted by Crippen LogP contribution is 2.37. The molecule has 2 heteroatoms. The number of nitrogens with zero attached hydrogens (tertiary/aromatic N) is 1. The monoisotopic (exact) mass is 282 g/mol. The lowest BCUT2D eigenvalue weighted by molar-refractivity contribution is 0.0890. The molecule has 1 saturated carbocycles. The molecule has 1 fully saturated rings. The normalized spacial score (nSPS) is 19.2. The summed E-state index contributed by atoms with van der Waals surface area (Å²) >= 11 is 0. The second kappa shape index (κ2) is 9.04. The van der Waals surface area contributed by atoms with Gasteiger partial charge >= 0.3 is 0 Å². The molecule has 0 radical (unpaired) electrons. The Balaban J connectivity index is 2.58. The van der Waals surface area contributed by atoms with Crippen molar-refractivity contribution in [2.24, 2.45) is 11.3 Å². The van der Waals surface area contributed by atoms with E-state index in [1.54, 1.807) is 0 Å². The first-order valence-corrected chi connectivity index (χ1v) is 8.94. The van der Waals surface area contributed by atoms with Gasteiger partial charge in [0.1, 0.15) is 0 Å². The fraction of sp³-hybridized carbons (Fsp3) is 1.00. The summed E-state index contributed by atoms with van der Waals surface area (Å²) in [6.45, 7) is 12.9. The van der Waals surface area contributed by atoms with Gasteiger partial charge in [-0.2, -0.15) is 0 Å². The molecule has 20 heavy (non-hydrogen) atoms. The van der Waals surface area contributed by atoms with E-state index in [1.807, 2.05) is 0 Å². The van der Waals surface area contributed by atoms with Crippen LogP contribution in [0.25, 0.3) is 0 Å². The van der Waals surface area contributed by atoms with Gasteiger partial charge in [0.05, 0.1) is 0 Å². The van der Waals surface area contributed by atoms with Crippen molar-refractivity contribution in [1.29, 1.82) is 0 Å². The Bertz CT molecular complexity index is 240. The zero-order valence-electron chi connectivity index (χ0n) is 14.7. The molecule has 1 rings (SSSR count). The molecule has 0 aromatic heterocycles. The molecule has 0 aromatic rings. The van der Waals surface area contributed by atoms with Crippen molar-refractivity contribution in [3.05, 3.63) is 0 Å². The molecule has 0 heterocycles. The van der Waals surface area contributed by atoms with Crippen molar-refractivity contribution in [1.82, 2.24) is 10.2 Å². The standard InChI is InChI=1S/C18H38N2/c1-6-17(7-2)20(5)15-18(11-9-8-10-12-18)14-19-13-16(3)4/h16-17,19H,6-15H2,1-5H3. The smallest absolute Gasteiger partial charge is 0.00872 e. The summed E-state index contributed by atoms with van der Waals surface area (Å²) < 4.78 is 0. The average Bonchev–Trinajstić information content (AvgIpc) is 2.40. The Hall–Kier alpha value is -0.0800. The van der Waals surface area contributed by atoms with Gasteiger partial charge in [-0.05, 0) is 50.6 Å². The van der Waals surface area contributed by atoms with E-state index < -0.39 is 0 Å². The van der Waals surface area contributed by atoms with Crippen molar-refractivity contribution >= 4 is 0 Å². The minimum absolute atomic E-state index is 0.532. The molecule has 0 saturated heterocycles. The lowest BCUT2D eigenvalue weighted by Gasteiger charge is -2.42. The zero-order chi connectivity index (χ0) is 15.0. The summed E-state index contributed by atoms with van der Waals surface area (Å²) in [4.78, 5) is 2.64. The first-order valence-electron chi connectivity index (χ1n) is 8.94. The summed E-state index contributed by atoms with van der Waals surface area (Å²) in [6.07, 6.45) is 9.71. The van der Waals surface area contributed by atoms with Crippen LogP contribution in [0.5, 0.6) is 0 Å². The molecule has 0 aliphatic heterocycles. The van der Waals surface area contributed by atoms with Gasteiger partial charge in [-0.25, -0.2) is 0 Å². The molecule has 1 aliphatic carbocycles. The van der Waals surface area contributed by atoms with E-state index in [4.69, 9.17) is 0 Å². The molecule has 0 bridgehead atoms. The van der Waals surface area contributed by atoms with Crippen LogP contribution in [0.4, 0.5) is 0 Å². The fourth-order valence-electron chi connectivity index (χ4n) is 3.89. The SMILES string of the molecule is CCC(CC)N(C)CC1(CNCC(C)C)CCCCC1. The van der Waals surface area contributed by atoms with Crippen molar-refractivity contribution < 1.29 is 0 Å². The van der Waals surface area contributed by atoms with Crippen molar-refractivity contribution in [3.63, 3.8) is 0 Å². The molecule has 120 valence electrons. The molecule has 0 aromatic carbocycles. The molecule has 2 nitrogen and oxygen atoms in total. The number of hydrogen-bond donors (Lipinski definition) is 1. The maximum atomic E-state index is 3.75. The third kappa shape index (κ3) is 5.73. The van der Waals surface area contributed by atoms with Crippen LogP contribution in [0.2, 0.25) is 0 Å². The summed E-state index contributed by atoms with van der Waals surface area (Å²) in [6, 6.07) is 0.763. The van der Waals surface area contributed by atoms with E-state index >= 15 is 0 Å². The number of hydrogen-bond acceptors (Lipinski definition) is 2. The molecular weight excluding hydrogens is 244 g/mol. The van der Waals surface area contributed by atoms with E-state index in [2.05, 4.69) is 45.0 Å². The Labute approximate surface area is 127 Å². The molecule has 0 unspecified atom stereocenters. The Morgan fingerprint density at radius 2 is 1.65 bits per heavy atom. The maximum absolute atomic E-state index is 3.75. The molecule has 0 spiro atoms. The van der Waals surface area contributed by atoms with Crippen LogP contribution in [0, 0.1) is 11.3 Å². The van der Waals surface area contributed by atoms with Crippen LogP contribution >= 0.6 is 0 Å². The third-order valence-electron chi connectivity index (χ3n) is 5.12. The molecule has 0 atom stereocenters. The predicted octanol–water partition coefficient (Wildman–Crippen LogP) is 4.30. The van der Waals surface area contributed by atoms with E-state index in [0.717, 1.165) is 18.5 Å². The van der Waals surface area contributed by atoms with Crippen molar-refractivity contribution in [2.45, 2.75) is 78.7 Å². The Morgan fingerprint density at radius 1 is 1.05 bits per heavy atom. The minimum atomic E-state index is 0.532. The van der Waals surface area contributed by atoms with Crippen LogP contribution in [0.3, 0.4) is 0 Å². The van der Waals surface area contributed by atoms with Gasteiger partial charge in [0.25, 0.3) is 0 Å². The van der Waals surface area contributed by atoms with Crippen LogP contribution in [-0.4, -0.2) is 37.6 Å². The highest BCUT2D eigenvalue weighted by atomic mass is 15.1. The summed E-state index contributed by atoms with van der Waals surface area (Å²) in [7, 11) is 2.34. The first kappa shape index (κ1) is 18.0. The predicted molar refractivity (Wildman–Crippen MR) is 90.2 cm³/mol. The van der Waals surface area contributed by atoms with E-state index in [-0.39, 0.29) is 0 Å². The van der Waals surface area contributed by atoms with E-state index in [0.29, 0.717) is 5.41 Å². The largest absolute Gasteiger partial charge is 0.316 e. The third-order valence-corrected chi connectivity index (χ3v) is 5.12. The van der Waals surface area contributed by atoms with Crippen LogP contribution in [-0.2, 0) is 0 Å². The van der Waals surface area contributed by atoms with Crippen LogP contribution in [0.1, 0.15) is 72.6 Å². The van der Waals surface area contributed by atoms with E-state index in [9.17, 15) is 0 Å². The lowest BCUT2D eigenvalue weighted by atomic mass is 9.73. The molecular formula is C18H38N2. The van der Waals surface area contributed by atoms with E-state index in [1.165, 1.54) is 58.0 Å². The van der Waals surface area contributed by atoms with Crippen LogP contribution in [0.15, 0.2) is 0 Å². The van der Waals surface area contributed by atoms with Gasteiger partial charge in [-0.3, -0.25) is 0 Å². The lowest BCUT2D eigenvalue weighted by Crippen LogP contribution is -2.47. The summed E-state index contributed by atoms with van der Waals surface area (Å²) in [5.74, 6) is 0.757. The fourth-order valence-corrected chi connectivity index (χ4v) is 3.89. The van der Waals surface area contributed by atoms with Gasteiger partial charge < -0.3 is 10.2 Å². The van der Waals surface area contributed by atoms with Crippen LogP contribution < -0.4 is 5.32 Å². The highest BCUT2D eigenvalue weighted by Gasteiger charge is 2.33. The zero-order valence-corrected chi connectivity index (χ0v) is 14.7. The van der Waals surface area contributed by atoms with Gasteiger partial charge in [0, 0.05) is 19.1 Å². The Kier molecular flexibility index (Phi) is 8.13. The highest BCUT2D eigenvalue weighted by molar-refractivity contribution is 4.88. The van der Waals surface area contributed by atoms with Crippen molar-refractivity contribution in [2.75, 3.05) is 26.7 Å². The van der Waals surface area contributed by atoms with Crippen molar-refractivity contribution in [3.8, 4) is 0 Å². The Morgan fingerprint density at radius 3 is 2.15 bits per heavy atom. The second-order valence-corrected chi connectivity index (χ2v) is 7.47. The summed E-state index contributed by atoms with van der Waals surface area (Å²) in [5.41, 5.74) is 0.532. The van der Waals surface area contributed by atoms with Gasteiger partial charge in [-0.1, -0.05) is 47.0 Å². The number of rotatable bonds is 9. The van der Waals surface area contributed by atoms with Gasteiger partial charge in [-0.15, -0.1) is 0 Å². The summed E-state index contributed by atoms with van der Waals surface area (Å²) in [5, 5.41) is 3.75. The van der Waals surface area contributed by atoms with Gasteiger partial charge in [0.15, 0.2) is 0 Å². The second-order valence-electron chi connectivity index (χ2n) is 7.47. The maximum Gasteiger partial charge on any atom is 0.00872 e. The van der Waals surface area contributed by atoms with Gasteiger partial charge in [0.2, 0.25) is 0 Å². The number of nitrogens with one attached hydrogen (secondary N) is 1. The minimum Gasteiger partial charge on any atom is -0.316 e. The average molecular weight is 283 g/mol. The first-order chi connectivity index (χ1) is 9.53. The molecule has 1 aliphatic rings. The topological polar surface area (TPSA) is 15.3 Å².